The largest absolute Gasteiger partial charge is 0.288 e. The van der Waals surface area contributed by atoms with E-state index in [1.54, 1.807) is 4.68 Å². The first-order valence-electron chi connectivity index (χ1n) is 4.89. The van der Waals surface area contributed by atoms with Crippen LogP contribution in [0.15, 0.2) is 6.07 Å². The van der Waals surface area contributed by atoms with Crippen molar-refractivity contribution in [2.24, 2.45) is 5.92 Å². The number of rotatable bonds is 3. The second-order valence-corrected chi connectivity index (χ2v) is 4.18. The number of alkyl halides is 2. The molecule has 1 saturated carbocycles. The molecule has 0 amide bonds. The van der Waals surface area contributed by atoms with Crippen molar-refractivity contribution in [2.75, 3.05) is 0 Å². The Morgan fingerprint density at radius 2 is 2.21 bits per heavy atom. The first-order valence-corrected chi connectivity index (χ1v) is 4.89. The third kappa shape index (κ3) is 1.94. The number of hydrogen-bond acceptors (Lipinski definition) is 1. The molecule has 2 rings (SSSR count). The van der Waals surface area contributed by atoms with Gasteiger partial charge in [-0.05, 0) is 31.7 Å². The number of nitrogens with zero attached hydrogens (tertiary/aromatic N) is 2. The monoisotopic (exact) mass is 200 g/mol. The van der Waals surface area contributed by atoms with Gasteiger partial charge >= 0.3 is 0 Å². The second kappa shape index (κ2) is 3.04. The van der Waals surface area contributed by atoms with Crippen molar-refractivity contribution in [1.82, 2.24) is 9.78 Å². The van der Waals surface area contributed by atoms with Gasteiger partial charge in [-0.3, -0.25) is 4.68 Å². The van der Waals surface area contributed by atoms with Crippen LogP contribution in [0.5, 0.6) is 0 Å². The first-order chi connectivity index (χ1) is 6.47. The van der Waals surface area contributed by atoms with Crippen LogP contribution in [0.2, 0.25) is 0 Å². The SMILES string of the molecule is Cc1cc(C(C)(F)F)nn1CC1CC1. The fourth-order valence-electron chi connectivity index (χ4n) is 1.45. The van der Waals surface area contributed by atoms with Gasteiger partial charge in [0.25, 0.3) is 5.92 Å². The van der Waals surface area contributed by atoms with E-state index in [-0.39, 0.29) is 5.69 Å². The minimum absolute atomic E-state index is 0.115. The van der Waals surface area contributed by atoms with Gasteiger partial charge in [0.2, 0.25) is 0 Å². The topological polar surface area (TPSA) is 17.8 Å². The highest BCUT2D eigenvalue weighted by molar-refractivity contribution is 5.13. The predicted molar refractivity (Wildman–Crippen MR) is 49.3 cm³/mol. The van der Waals surface area contributed by atoms with E-state index in [0.29, 0.717) is 5.92 Å². The van der Waals surface area contributed by atoms with E-state index in [0.717, 1.165) is 19.2 Å². The molecule has 1 heterocycles. The summed E-state index contributed by atoms with van der Waals surface area (Å²) in [7, 11) is 0. The van der Waals surface area contributed by atoms with Crippen LogP contribution in [0, 0.1) is 12.8 Å². The molecule has 2 nitrogen and oxygen atoms in total. The molecule has 0 aliphatic heterocycles. The standard InChI is InChI=1S/C10H14F2N2/c1-7-5-9(10(2,11)12)13-14(7)6-8-3-4-8/h5,8H,3-4,6H2,1-2H3. The van der Waals surface area contributed by atoms with Crippen molar-refractivity contribution < 1.29 is 8.78 Å². The van der Waals surface area contributed by atoms with Gasteiger partial charge in [-0.25, -0.2) is 0 Å². The van der Waals surface area contributed by atoms with E-state index in [9.17, 15) is 8.78 Å². The zero-order valence-electron chi connectivity index (χ0n) is 8.43. The first kappa shape index (κ1) is 9.62. The molecule has 1 aliphatic carbocycles. The van der Waals surface area contributed by atoms with Crippen molar-refractivity contribution in [3.63, 3.8) is 0 Å². The van der Waals surface area contributed by atoms with E-state index < -0.39 is 5.92 Å². The average molecular weight is 200 g/mol. The van der Waals surface area contributed by atoms with Crippen LogP contribution in [0.4, 0.5) is 8.78 Å². The van der Waals surface area contributed by atoms with E-state index in [4.69, 9.17) is 0 Å². The van der Waals surface area contributed by atoms with Crippen molar-refractivity contribution in [2.45, 2.75) is 39.2 Å². The molecular formula is C10H14F2N2. The van der Waals surface area contributed by atoms with Crippen molar-refractivity contribution >= 4 is 0 Å². The minimum Gasteiger partial charge on any atom is -0.269 e. The van der Waals surface area contributed by atoms with Crippen LogP contribution in [0.3, 0.4) is 0 Å². The zero-order valence-corrected chi connectivity index (χ0v) is 8.43. The Labute approximate surface area is 81.9 Å². The normalized spacial score (nSPS) is 17.4. The van der Waals surface area contributed by atoms with Crippen LogP contribution in [0.25, 0.3) is 0 Å². The van der Waals surface area contributed by atoms with Gasteiger partial charge in [-0.1, -0.05) is 0 Å². The fraction of sp³-hybridized carbons (Fsp3) is 0.700. The van der Waals surface area contributed by atoms with Crippen molar-refractivity contribution in [1.29, 1.82) is 0 Å². The quantitative estimate of drug-likeness (QED) is 0.733. The van der Waals surface area contributed by atoms with Crippen LogP contribution in [-0.4, -0.2) is 9.78 Å². The molecule has 0 atom stereocenters. The summed E-state index contributed by atoms with van der Waals surface area (Å²) in [6.45, 7) is 3.50. The number of aromatic nitrogens is 2. The Bertz CT molecular complexity index is 334. The zero-order chi connectivity index (χ0) is 10.3. The summed E-state index contributed by atoms with van der Waals surface area (Å²) >= 11 is 0. The lowest BCUT2D eigenvalue weighted by atomic mass is 10.2. The van der Waals surface area contributed by atoms with Gasteiger partial charge < -0.3 is 0 Å². The molecule has 14 heavy (non-hydrogen) atoms. The van der Waals surface area contributed by atoms with Crippen LogP contribution in [0.1, 0.15) is 31.2 Å². The summed E-state index contributed by atoms with van der Waals surface area (Å²) in [6.07, 6.45) is 2.41. The Balaban J connectivity index is 2.19. The van der Waals surface area contributed by atoms with E-state index in [1.807, 2.05) is 6.92 Å². The smallest absolute Gasteiger partial charge is 0.269 e. The average Bonchev–Trinajstić information content (AvgIpc) is 2.76. The third-order valence-corrected chi connectivity index (χ3v) is 2.56. The highest BCUT2D eigenvalue weighted by Gasteiger charge is 2.29. The van der Waals surface area contributed by atoms with Gasteiger partial charge in [0, 0.05) is 19.2 Å². The summed E-state index contributed by atoms with van der Waals surface area (Å²) in [5.74, 6) is -2.16. The lowest BCUT2D eigenvalue weighted by Gasteiger charge is -2.05. The molecule has 0 spiro atoms. The van der Waals surface area contributed by atoms with E-state index >= 15 is 0 Å². The lowest BCUT2D eigenvalue weighted by molar-refractivity contribution is 0.0120. The van der Waals surface area contributed by atoms with Crippen molar-refractivity contribution in [3.05, 3.63) is 17.5 Å². The maximum Gasteiger partial charge on any atom is 0.288 e. The summed E-state index contributed by atoms with van der Waals surface area (Å²) in [5, 5.41) is 3.93. The summed E-state index contributed by atoms with van der Waals surface area (Å²) < 4.78 is 27.5. The highest BCUT2D eigenvalue weighted by atomic mass is 19.3. The number of aryl methyl sites for hydroxylation is 1. The molecule has 78 valence electrons. The van der Waals surface area contributed by atoms with Crippen LogP contribution in [-0.2, 0) is 12.5 Å². The van der Waals surface area contributed by atoms with Crippen LogP contribution < -0.4 is 0 Å². The van der Waals surface area contributed by atoms with Crippen molar-refractivity contribution in [3.8, 4) is 0 Å². The Hall–Kier alpha value is -0.930. The molecular weight excluding hydrogens is 186 g/mol. The van der Waals surface area contributed by atoms with Crippen LogP contribution >= 0.6 is 0 Å². The summed E-state index contributed by atoms with van der Waals surface area (Å²) in [4.78, 5) is 0. The van der Waals surface area contributed by atoms with Gasteiger partial charge in [-0.2, -0.15) is 13.9 Å². The molecule has 0 saturated heterocycles. The fourth-order valence-corrected chi connectivity index (χ4v) is 1.45. The molecule has 0 aromatic carbocycles. The molecule has 0 N–H and O–H groups in total. The molecule has 0 radical (unpaired) electrons. The number of hydrogen-bond donors (Lipinski definition) is 0. The Morgan fingerprint density at radius 3 is 2.64 bits per heavy atom. The van der Waals surface area contributed by atoms with E-state index in [2.05, 4.69) is 5.10 Å². The molecule has 0 unspecified atom stereocenters. The number of halogens is 2. The van der Waals surface area contributed by atoms with E-state index in [1.165, 1.54) is 18.9 Å². The van der Waals surface area contributed by atoms with Gasteiger partial charge in [-0.15, -0.1) is 0 Å². The molecule has 1 aromatic heterocycles. The second-order valence-electron chi connectivity index (χ2n) is 4.18. The summed E-state index contributed by atoms with van der Waals surface area (Å²) in [5.41, 5.74) is 0.712. The minimum atomic E-state index is -2.82. The Kier molecular flexibility index (Phi) is 2.09. The van der Waals surface area contributed by atoms with Gasteiger partial charge in [0.05, 0.1) is 0 Å². The maximum absolute atomic E-state index is 12.9. The molecule has 4 heteroatoms. The van der Waals surface area contributed by atoms with Gasteiger partial charge in [0.1, 0.15) is 5.69 Å². The molecule has 1 aliphatic rings. The molecule has 1 fully saturated rings. The molecule has 1 aromatic rings. The summed E-state index contributed by atoms with van der Waals surface area (Å²) in [6, 6.07) is 1.47. The third-order valence-electron chi connectivity index (χ3n) is 2.56. The Morgan fingerprint density at radius 1 is 1.57 bits per heavy atom. The maximum atomic E-state index is 12.9. The molecule has 0 bridgehead atoms. The lowest BCUT2D eigenvalue weighted by Crippen LogP contribution is -2.10. The highest BCUT2D eigenvalue weighted by Crippen LogP contribution is 2.32. The van der Waals surface area contributed by atoms with Gasteiger partial charge in [0.15, 0.2) is 0 Å². The predicted octanol–water partition coefficient (Wildman–Crippen LogP) is 2.71.